The SMILES string of the molecule is CCC[C@@H](F)[C@H]1COC(=O)N1c1nc(N[C@@H](C)c2cnc(-c3ccc(Cl)cc3)s2)ncc1F. The lowest BCUT2D eigenvalue weighted by atomic mass is 10.1. The Labute approximate surface area is 198 Å². The molecule has 2 aromatic heterocycles. The molecule has 11 heteroatoms. The normalized spacial score (nSPS) is 17.7. The first-order chi connectivity index (χ1) is 15.9. The van der Waals surface area contributed by atoms with E-state index in [1.807, 2.05) is 26.0 Å². The minimum absolute atomic E-state index is 0.102. The molecule has 1 aliphatic heterocycles. The summed E-state index contributed by atoms with van der Waals surface area (Å²) in [4.78, 5) is 26.7. The van der Waals surface area contributed by atoms with Crippen molar-refractivity contribution in [2.45, 2.75) is 44.9 Å². The van der Waals surface area contributed by atoms with Crippen LogP contribution < -0.4 is 10.2 Å². The van der Waals surface area contributed by atoms with Gasteiger partial charge in [0.05, 0.1) is 12.2 Å². The number of cyclic esters (lactones) is 1. The number of halogens is 3. The van der Waals surface area contributed by atoms with Crippen LogP contribution in [0, 0.1) is 5.82 Å². The molecule has 0 unspecified atom stereocenters. The van der Waals surface area contributed by atoms with Crippen LogP contribution >= 0.6 is 22.9 Å². The Morgan fingerprint density at radius 1 is 1.30 bits per heavy atom. The molecule has 1 N–H and O–H groups in total. The van der Waals surface area contributed by atoms with Gasteiger partial charge in [0.15, 0.2) is 11.6 Å². The number of nitrogens with zero attached hydrogens (tertiary/aromatic N) is 4. The van der Waals surface area contributed by atoms with E-state index < -0.39 is 24.1 Å². The van der Waals surface area contributed by atoms with Crippen LogP contribution in [-0.2, 0) is 4.74 Å². The van der Waals surface area contributed by atoms with E-state index in [0.717, 1.165) is 26.5 Å². The molecule has 0 spiro atoms. The molecule has 0 aliphatic carbocycles. The fourth-order valence-electron chi connectivity index (χ4n) is 3.49. The average molecular weight is 494 g/mol. The number of amides is 1. The van der Waals surface area contributed by atoms with Gasteiger partial charge < -0.3 is 10.1 Å². The van der Waals surface area contributed by atoms with Crippen molar-refractivity contribution in [3.8, 4) is 10.6 Å². The van der Waals surface area contributed by atoms with Crippen molar-refractivity contribution >= 4 is 40.8 Å². The molecule has 174 valence electrons. The van der Waals surface area contributed by atoms with Crippen LogP contribution in [0.2, 0.25) is 5.02 Å². The molecule has 3 aromatic rings. The summed E-state index contributed by atoms with van der Waals surface area (Å²) in [7, 11) is 0. The highest BCUT2D eigenvalue weighted by Gasteiger charge is 2.41. The number of carbonyl (C=O) groups excluding carboxylic acids is 1. The van der Waals surface area contributed by atoms with Crippen molar-refractivity contribution in [1.29, 1.82) is 0 Å². The summed E-state index contributed by atoms with van der Waals surface area (Å²) in [5, 5.41) is 4.56. The van der Waals surface area contributed by atoms with Gasteiger partial charge in [-0.15, -0.1) is 11.3 Å². The molecule has 0 bridgehead atoms. The molecule has 0 radical (unpaired) electrons. The van der Waals surface area contributed by atoms with E-state index in [4.69, 9.17) is 16.3 Å². The van der Waals surface area contributed by atoms with Gasteiger partial charge in [-0.25, -0.2) is 28.4 Å². The maximum atomic E-state index is 14.6. The van der Waals surface area contributed by atoms with E-state index >= 15 is 0 Å². The average Bonchev–Trinajstić information content (AvgIpc) is 3.43. The highest BCUT2D eigenvalue weighted by Crippen LogP contribution is 2.32. The second-order valence-electron chi connectivity index (χ2n) is 7.62. The molecule has 1 saturated heterocycles. The van der Waals surface area contributed by atoms with E-state index in [2.05, 4.69) is 20.3 Å². The summed E-state index contributed by atoms with van der Waals surface area (Å²) in [5.74, 6) is -1.04. The standard InChI is InChI=1S/C22H22ClF2N5O2S/c1-3-4-15(24)17-11-32-22(31)30(17)19-16(25)9-27-21(29-19)28-12(2)18-10-26-20(33-18)13-5-7-14(23)8-6-13/h5-10,12,15,17H,3-4,11H2,1-2H3,(H,27,28,29)/t12-,15+,17+/m0/s1. The molecular formula is C22H22ClF2N5O2S. The number of hydrogen-bond donors (Lipinski definition) is 1. The zero-order chi connectivity index (χ0) is 23.5. The molecule has 1 amide bonds. The van der Waals surface area contributed by atoms with Crippen molar-refractivity contribution in [1.82, 2.24) is 15.0 Å². The largest absolute Gasteiger partial charge is 0.447 e. The molecule has 1 aliphatic rings. The third-order valence-electron chi connectivity index (χ3n) is 5.23. The summed E-state index contributed by atoms with van der Waals surface area (Å²) in [6.45, 7) is 3.56. The Kier molecular flexibility index (Phi) is 7.04. The van der Waals surface area contributed by atoms with Gasteiger partial charge in [-0.1, -0.05) is 37.1 Å². The van der Waals surface area contributed by atoms with Crippen molar-refractivity contribution in [3.63, 3.8) is 0 Å². The van der Waals surface area contributed by atoms with E-state index in [1.54, 1.807) is 18.3 Å². The number of thiazole rings is 1. The Morgan fingerprint density at radius 3 is 2.79 bits per heavy atom. The maximum absolute atomic E-state index is 14.6. The molecule has 1 fully saturated rings. The van der Waals surface area contributed by atoms with Crippen molar-refractivity contribution in [2.75, 3.05) is 16.8 Å². The lowest BCUT2D eigenvalue weighted by Crippen LogP contribution is -2.41. The molecular weight excluding hydrogens is 472 g/mol. The molecule has 7 nitrogen and oxygen atoms in total. The molecule has 33 heavy (non-hydrogen) atoms. The number of carbonyl (C=O) groups is 1. The number of alkyl halides is 1. The second-order valence-corrected chi connectivity index (χ2v) is 9.12. The third-order valence-corrected chi connectivity index (χ3v) is 6.71. The minimum Gasteiger partial charge on any atom is -0.447 e. The maximum Gasteiger partial charge on any atom is 0.416 e. The Balaban J connectivity index is 1.53. The van der Waals surface area contributed by atoms with Gasteiger partial charge in [0.25, 0.3) is 0 Å². The monoisotopic (exact) mass is 493 g/mol. The number of benzene rings is 1. The first-order valence-electron chi connectivity index (χ1n) is 10.5. The van der Waals surface area contributed by atoms with Crippen LogP contribution in [0.4, 0.5) is 25.3 Å². The van der Waals surface area contributed by atoms with Crippen LogP contribution in [0.15, 0.2) is 36.7 Å². The number of hydrogen-bond acceptors (Lipinski definition) is 7. The van der Waals surface area contributed by atoms with E-state index in [1.165, 1.54) is 11.3 Å². The van der Waals surface area contributed by atoms with E-state index in [0.29, 0.717) is 11.4 Å². The lowest BCUT2D eigenvalue weighted by molar-refractivity contribution is 0.171. The highest BCUT2D eigenvalue weighted by atomic mass is 35.5. The number of ether oxygens (including phenoxy) is 1. The highest BCUT2D eigenvalue weighted by molar-refractivity contribution is 7.15. The summed E-state index contributed by atoms with van der Waals surface area (Å²) in [6.07, 6.45) is 1.33. The summed E-state index contributed by atoms with van der Waals surface area (Å²) >= 11 is 7.43. The topological polar surface area (TPSA) is 80.2 Å². The van der Waals surface area contributed by atoms with Gasteiger partial charge in [-0.3, -0.25) is 0 Å². The molecule has 3 heterocycles. The van der Waals surface area contributed by atoms with Crippen molar-refractivity contribution < 1.29 is 18.3 Å². The number of anilines is 2. The molecule has 1 aromatic carbocycles. The smallest absolute Gasteiger partial charge is 0.416 e. The molecule has 0 saturated carbocycles. The zero-order valence-electron chi connectivity index (χ0n) is 18.0. The van der Waals surface area contributed by atoms with Gasteiger partial charge in [0.1, 0.15) is 23.8 Å². The second kappa shape index (κ2) is 9.96. The van der Waals surface area contributed by atoms with Gasteiger partial charge in [0, 0.05) is 21.7 Å². The summed E-state index contributed by atoms with van der Waals surface area (Å²) in [5.41, 5.74) is 0.939. The molecule has 3 atom stereocenters. The van der Waals surface area contributed by atoms with Gasteiger partial charge in [-0.2, -0.15) is 4.98 Å². The van der Waals surface area contributed by atoms with E-state index in [-0.39, 0.29) is 30.8 Å². The Bertz CT molecular complexity index is 1130. The minimum atomic E-state index is -1.35. The Hall–Kier alpha value is -2.85. The molecule has 4 rings (SSSR count). The lowest BCUT2D eigenvalue weighted by Gasteiger charge is -2.24. The summed E-state index contributed by atoms with van der Waals surface area (Å²) in [6, 6.07) is 6.19. The number of rotatable bonds is 8. The Morgan fingerprint density at radius 2 is 2.06 bits per heavy atom. The van der Waals surface area contributed by atoms with Gasteiger partial charge in [-0.05, 0) is 25.5 Å². The summed E-state index contributed by atoms with van der Waals surface area (Å²) < 4.78 is 34.1. The number of nitrogens with one attached hydrogen (secondary N) is 1. The number of aromatic nitrogens is 3. The first-order valence-corrected chi connectivity index (χ1v) is 11.7. The van der Waals surface area contributed by atoms with Crippen LogP contribution in [0.5, 0.6) is 0 Å². The van der Waals surface area contributed by atoms with Crippen molar-refractivity contribution in [3.05, 3.63) is 52.4 Å². The zero-order valence-corrected chi connectivity index (χ0v) is 19.5. The van der Waals surface area contributed by atoms with Crippen LogP contribution in [0.25, 0.3) is 10.6 Å². The fourth-order valence-corrected chi connectivity index (χ4v) is 4.54. The van der Waals surface area contributed by atoms with Gasteiger partial charge >= 0.3 is 6.09 Å². The van der Waals surface area contributed by atoms with Gasteiger partial charge in [0.2, 0.25) is 5.95 Å². The first kappa shape index (κ1) is 23.3. The van der Waals surface area contributed by atoms with Crippen LogP contribution in [-0.4, -0.2) is 39.9 Å². The van der Waals surface area contributed by atoms with Crippen molar-refractivity contribution in [2.24, 2.45) is 0 Å². The van der Waals surface area contributed by atoms with Crippen LogP contribution in [0.3, 0.4) is 0 Å². The predicted molar refractivity (Wildman–Crippen MR) is 124 cm³/mol. The quantitative estimate of drug-likeness (QED) is 0.412. The predicted octanol–water partition coefficient (Wildman–Crippen LogP) is 6.03. The van der Waals surface area contributed by atoms with E-state index in [9.17, 15) is 13.6 Å². The third kappa shape index (κ3) is 5.06. The van der Waals surface area contributed by atoms with Crippen LogP contribution in [0.1, 0.15) is 37.6 Å². The fraction of sp³-hybridized carbons (Fsp3) is 0.364.